The molecule has 3 heteroatoms. The molecule has 0 fully saturated rings. The molecule has 2 rings (SSSR count). The first-order chi connectivity index (χ1) is 7.47. The van der Waals surface area contributed by atoms with Crippen molar-refractivity contribution in [2.75, 3.05) is 5.73 Å². The van der Waals surface area contributed by atoms with Gasteiger partial charge < -0.3 is 5.73 Å². The molecule has 16 heavy (non-hydrogen) atoms. The number of nitrogens with two attached hydrogens (primary N) is 1. The van der Waals surface area contributed by atoms with E-state index in [4.69, 9.17) is 5.73 Å². The second-order valence-electron chi connectivity index (χ2n) is 5.29. The molecule has 0 radical (unpaired) electrons. The first-order valence-electron chi connectivity index (χ1n) is 5.45. The minimum absolute atomic E-state index is 0.222. The first-order valence-corrected chi connectivity index (χ1v) is 5.45. The van der Waals surface area contributed by atoms with Gasteiger partial charge >= 0.3 is 0 Å². The SMILES string of the molecule is CC(C)(C)Cc1nccc2c(N)nccc12. The van der Waals surface area contributed by atoms with Crippen molar-refractivity contribution in [2.45, 2.75) is 27.2 Å². The predicted octanol–water partition coefficient (Wildman–Crippen LogP) is 2.80. The third-order valence-electron chi connectivity index (χ3n) is 2.50. The van der Waals surface area contributed by atoms with Crippen LogP contribution in [0.3, 0.4) is 0 Å². The topological polar surface area (TPSA) is 51.8 Å². The molecule has 2 heterocycles. The second kappa shape index (κ2) is 3.74. The van der Waals surface area contributed by atoms with E-state index in [9.17, 15) is 0 Å². The van der Waals surface area contributed by atoms with Crippen LogP contribution >= 0.6 is 0 Å². The third kappa shape index (κ3) is 2.13. The number of fused-ring (bicyclic) bond motifs is 1. The van der Waals surface area contributed by atoms with Crippen molar-refractivity contribution in [1.82, 2.24) is 9.97 Å². The maximum atomic E-state index is 5.85. The molecule has 0 spiro atoms. The van der Waals surface area contributed by atoms with E-state index in [1.165, 1.54) is 0 Å². The standard InChI is InChI=1S/C13H17N3/c1-13(2,3)8-11-9-4-7-16-12(14)10(9)5-6-15-11/h4-7H,8H2,1-3H3,(H2,14,16). The quantitative estimate of drug-likeness (QED) is 0.795. The summed E-state index contributed by atoms with van der Waals surface area (Å²) in [5, 5.41) is 2.11. The van der Waals surface area contributed by atoms with Crippen LogP contribution in [0, 0.1) is 5.41 Å². The fraction of sp³-hybridized carbons (Fsp3) is 0.385. The lowest BCUT2D eigenvalue weighted by atomic mass is 9.89. The van der Waals surface area contributed by atoms with Crippen molar-refractivity contribution in [1.29, 1.82) is 0 Å². The Morgan fingerprint density at radius 3 is 2.38 bits per heavy atom. The number of rotatable bonds is 1. The van der Waals surface area contributed by atoms with Gasteiger partial charge in [0, 0.05) is 28.9 Å². The Bertz CT molecular complexity index is 512. The van der Waals surface area contributed by atoms with Gasteiger partial charge in [-0.3, -0.25) is 4.98 Å². The zero-order valence-electron chi connectivity index (χ0n) is 9.99. The van der Waals surface area contributed by atoms with E-state index in [1.54, 1.807) is 12.4 Å². The number of nitrogens with zero attached hydrogens (tertiary/aromatic N) is 2. The third-order valence-corrected chi connectivity index (χ3v) is 2.50. The van der Waals surface area contributed by atoms with Gasteiger partial charge in [-0.05, 0) is 24.0 Å². The fourth-order valence-electron chi connectivity index (χ4n) is 1.83. The molecule has 84 valence electrons. The average molecular weight is 215 g/mol. The fourth-order valence-corrected chi connectivity index (χ4v) is 1.83. The molecule has 0 amide bonds. The molecule has 0 saturated carbocycles. The lowest BCUT2D eigenvalue weighted by molar-refractivity contribution is 0.408. The van der Waals surface area contributed by atoms with Gasteiger partial charge in [0.1, 0.15) is 5.82 Å². The molecule has 0 aromatic carbocycles. The number of pyridine rings is 2. The Morgan fingerprint density at radius 1 is 1.06 bits per heavy atom. The smallest absolute Gasteiger partial charge is 0.131 e. The Hall–Kier alpha value is -1.64. The first kappa shape index (κ1) is 10.9. The molecule has 0 atom stereocenters. The Morgan fingerprint density at radius 2 is 1.69 bits per heavy atom. The van der Waals surface area contributed by atoms with E-state index in [2.05, 4.69) is 30.7 Å². The van der Waals surface area contributed by atoms with Crippen molar-refractivity contribution >= 4 is 16.6 Å². The molecular formula is C13H17N3. The minimum Gasteiger partial charge on any atom is -0.383 e. The Kier molecular flexibility index (Phi) is 2.54. The lowest BCUT2D eigenvalue weighted by Gasteiger charge is -2.18. The van der Waals surface area contributed by atoms with E-state index in [1.807, 2.05) is 12.1 Å². The van der Waals surface area contributed by atoms with Crippen molar-refractivity contribution in [3.63, 3.8) is 0 Å². The summed E-state index contributed by atoms with van der Waals surface area (Å²) in [6.45, 7) is 6.62. The van der Waals surface area contributed by atoms with Crippen LogP contribution in [0.25, 0.3) is 10.8 Å². The summed E-state index contributed by atoms with van der Waals surface area (Å²) in [7, 11) is 0. The molecule has 2 aromatic heterocycles. The number of hydrogen-bond donors (Lipinski definition) is 1. The van der Waals surface area contributed by atoms with Crippen LogP contribution in [0.5, 0.6) is 0 Å². The highest BCUT2D eigenvalue weighted by Gasteiger charge is 2.14. The summed E-state index contributed by atoms with van der Waals surface area (Å²) in [6, 6.07) is 3.91. The highest BCUT2D eigenvalue weighted by atomic mass is 14.8. The summed E-state index contributed by atoms with van der Waals surface area (Å²) in [5.41, 5.74) is 7.17. The van der Waals surface area contributed by atoms with Gasteiger partial charge in [-0.1, -0.05) is 20.8 Å². The molecule has 0 aliphatic carbocycles. The predicted molar refractivity (Wildman–Crippen MR) is 67.1 cm³/mol. The van der Waals surface area contributed by atoms with E-state index >= 15 is 0 Å². The van der Waals surface area contributed by atoms with E-state index in [-0.39, 0.29) is 5.41 Å². The van der Waals surface area contributed by atoms with Gasteiger partial charge in [0.05, 0.1) is 0 Å². The maximum Gasteiger partial charge on any atom is 0.131 e. The van der Waals surface area contributed by atoms with Crippen LogP contribution in [0.2, 0.25) is 0 Å². The molecule has 3 nitrogen and oxygen atoms in total. The second-order valence-corrected chi connectivity index (χ2v) is 5.29. The molecule has 0 aliphatic rings. The highest BCUT2D eigenvalue weighted by molar-refractivity contribution is 5.92. The van der Waals surface area contributed by atoms with Crippen LogP contribution in [-0.4, -0.2) is 9.97 Å². The van der Waals surface area contributed by atoms with Crippen molar-refractivity contribution in [3.05, 3.63) is 30.2 Å². The summed E-state index contributed by atoms with van der Waals surface area (Å²) in [6.07, 6.45) is 4.49. The summed E-state index contributed by atoms with van der Waals surface area (Å²) in [5.74, 6) is 0.579. The Balaban J connectivity index is 2.58. The van der Waals surface area contributed by atoms with E-state index in [0.29, 0.717) is 5.82 Å². The van der Waals surface area contributed by atoms with Gasteiger partial charge in [-0.2, -0.15) is 0 Å². The number of hydrogen-bond acceptors (Lipinski definition) is 3. The zero-order chi connectivity index (χ0) is 11.8. The van der Waals surface area contributed by atoms with Crippen molar-refractivity contribution < 1.29 is 0 Å². The largest absolute Gasteiger partial charge is 0.383 e. The van der Waals surface area contributed by atoms with Gasteiger partial charge in [-0.25, -0.2) is 4.98 Å². The Labute approximate surface area is 95.7 Å². The minimum atomic E-state index is 0.222. The highest BCUT2D eigenvalue weighted by Crippen LogP contribution is 2.26. The summed E-state index contributed by atoms with van der Waals surface area (Å²) < 4.78 is 0. The molecule has 0 unspecified atom stereocenters. The molecule has 2 N–H and O–H groups in total. The van der Waals surface area contributed by atoms with Crippen LogP contribution in [0.15, 0.2) is 24.5 Å². The number of aromatic nitrogens is 2. The zero-order valence-corrected chi connectivity index (χ0v) is 9.99. The molecule has 0 bridgehead atoms. The van der Waals surface area contributed by atoms with E-state index in [0.717, 1.165) is 22.9 Å². The van der Waals surface area contributed by atoms with Gasteiger partial charge in [0.25, 0.3) is 0 Å². The number of nitrogen functional groups attached to an aromatic ring is 1. The molecule has 0 saturated heterocycles. The average Bonchev–Trinajstić information content (AvgIpc) is 2.17. The van der Waals surface area contributed by atoms with E-state index < -0.39 is 0 Å². The van der Waals surface area contributed by atoms with Crippen LogP contribution in [0.4, 0.5) is 5.82 Å². The molecular weight excluding hydrogens is 198 g/mol. The van der Waals surface area contributed by atoms with Crippen LogP contribution in [-0.2, 0) is 6.42 Å². The molecule has 0 aliphatic heterocycles. The van der Waals surface area contributed by atoms with Gasteiger partial charge in [0.2, 0.25) is 0 Å². The summed E-state index contributed by atoms with van der Waals surface area (Å²) in [4.78, 5) is 8.54. The lowest BCUT2D eigenvalue weighted by Crippen LogP contribution is -2.11. The number of anilines is 1. The van der Waals surface area contributed by atoms with Gasteiger partial charge in [-0.15, -0.1) is 0 Å². The van der Waals surface area contributed by atoms with Crippen molar-refractivity contribution in [2.24, 2.45) is 5.41 Å². The molecule has 2 aromatic rings. The van der Waals surface area contributed by atoms with Crippen molar-refractivity contribution in [3.8, 4) is 0 Å². The van der Waals surface area contributed by atoms with Crippen LogP contribution in [0.1, 0.15) is 26.5 Å². The maximum absolute atomic E-state index is 5.85. The summed E-state index contributed by atoms with van der Waals surface area (Å²) >= 11 is 0. The monoisotopic (exact) mass is 215 g/mol. The van der Waals surface area contributed by atoms with Crippen LogP contribution < -0.4 is 5.73 Å². The van der Waals surface area contributed by atoms with Gasteiger partial charge in [0.15, 0.2) is 0 Å². The normalized spacial score (nSPS) is 11.9.